The Labute approximate surface area is 188 Å². The molecule has 0 aromatic heterocycles. The summed E-state index contributed by atoms with van der Waals surface area (Å²) in [7, 11) is 0. The zero-order valence-electron chi connectivity index (χ0n) is 18.7. The number of hydrogen-bond donors (Lipinski definition) is 3. The Morgan fingerprint density at radius 1 is 1.10 bits per heavy atom. The lowest BCUT2D eigenvalue weighted by Crippen LogP contribution is -2.56. The molecule has 2 rings (SSSR count). The van der Waals surface area contributed by atoms with Crippen molar-refractivity contribution in [3.63, 3.8) is 0 Å². The SMILES string of the molecule is CSCCC(NC(=O)C1CCCN1C(=O)C1CCCN1C(=O)C(N)CC(C)C)C(=O)O. The van der Waals surface area contributed by atoms with Crippen molar-refractivity contribution in [2.24, 2.45) is 11.7 Å². The van der Waals surface area contributed by atoms with E-state index in [2.05, 4.69) is 5.32 Å². The molecule has 0 aliphatic carbocycles. The quantitative estimate of drug-likeness (QED) is 0.440. The number of nitrogens with one attached hydrogen (secondary N) is 1. The monoisotopic (exact) mass is 456 g/mol. The molecule has 4 unspecified atom stereocenters. The highest BCUT2D eigenvalue weighted by Gasteiger charge is 2.43. The van der Waals surface area contributed by atoms with Crippen LogP contribution in [0.1, 0.15) is 52.4 Å². The smallest absolute Gasteiger partial charge is 0.326 e. The summed E-state index contributed by atoms with van der Waals surface area (Å²) in [4.78, 5) is 53.5. The van der Waals surface area contributed by atoms with Crippen LogP contribution >= 0.6 is 11.8 Å². The number of nitrogens with two attached hydrogens (primary N) is 1. The van der Waals surface area contributed by atoms with E-state index in [9.17, 15) is 24.3 Å². The summed E-state index contributed by atoms with van der Waals surface area (Å²) >= 11 is 1.51. The van der Waals surface area contributed by atoms with Crippen molar-refractivity contribution in [2.45, 2.75) is 76.5 Å². The molecule has 0 bridgehead atoms. The summed E-state index contributed by atoms with van der Waals surface area (Å²) in [5.74, 6) is -1.09. The molecule has 2 saturated heterocycles. The number of carbonyl (C=O) groups excluding carboxylic acids is 3. The summed E-state index contributed by atoms with van der Waals surface area (Å²) in [6.45, 7) is 4.91. The van der Waals surface area contributed by atoms with Gasteiger partial charge in [-0.25, -0.2) is 4.79 Å². The van der Waals surface area contributed by atoms with Gasteiger partial charge in [0.05, 0.1) is 6.04 Å². The van der Waals surface area contributed by atoms with Gasteiger partial charge in [0.25, 0.3) is 0 Å². The van der Waals surface area contributed by atoms with Crippen LogP contribution in [0.25, 0.3) is 0 Å². The minimum absolute atomic E-state index is 0.215. The number of carbonyl (C=O) groups is 4. The van der Waals surface area contributed by atoms with Crippen LogP contribution in [0.3, 0.4) is 0 Å². The molecule has 10 heteroatoms. The predicted molar refractivity (Wildman–Crippen MR) is 119 cm³/mol. The molecular weight excluding hydrogens is 420 g/mol. The highest BCUT2D eigenvalue weighted by molar-refractivity contribution is 7.98. The van der Waals surface area contributed by atoms with Crippen LogP contribution in [-0.2, 0) is 19.2 Å². The van der Waals surface area contributed by atoms with Crippen molar-refractivity contribution in [2.75, 3.05) is 25.1 Å². The second-order valence-corrected chi connectivity index (χ2v) is 9.78. The molecule has 0 aromatic rings. The zero-order valence-corrected chi connectivity index (χ0v) is 19.5. The first kappa shape index (κ1) is 25.5. The molecule has 4 atom stereocenters. The van der Waals surface area contributed by atoms with E-state index in [1.165, 1.54) is 16.7 Å². The van der Waals surface area contributed by atoms with E-state index in [1.807, 2.05) is 20.1 Å². The maximum absolute atomic E-state index is 13.3. The minimum Gasteiger partial charge on any atom is -0.480 e. The summed E-state index contributed by atoms with van der Waals surface area (Å²) in [5.41, 5.74) is 6.07. The molecule has 4 N–H and O–H groups in total. The van der Waals surface area contributed by atoms with Gasteiger partial charge in [-0.2, -0.15) is 11.8 Å². The highest BCUT2D eigenvalue weighted by atomic mass is 32.2. The molecule has 0 aromatic carbocycles. The number of nitrogens with zero attached hydrogens (tertiary/aromatic N) is 2. The van der Waals surface area contributed by atoms with Gasteiger partial charge in [0.1, 0.15) is 18.1 Å². The number of amides is 3. The number of aliphatic carboxylic acids is 1. The average Bonchev–Trinajstić information content (AvgIpc) is 3.38. The van der Waals surface area contributed by atoms with Gasteiger partial charge < -0.3 is 26.0 Å². The molecular formula is C21H36N4O5S. The van der Waals surface area contributed by atoms with E-state index in [4.69, 9.17) is 5.73 Å². The van der Waals surface area contributed by atoms with Crippen LogP contribution in [0.4, 0.5) is 0 Å². The van der Waals surface area contributed by atoms with Crippen LogP contribution < -0.4 is 11.1 Å². The summed E-state index contributed by atoms with van der Waals surface area (Å²) < 4.78 is 0. The van der Waals surface area contributed by atoms with Gasteiger partial charge in [0, 0.05) is 13.1 Å². The van der Waals surface area contributed by atoms with Crippen molar-refractivity contribution in [1.82, 2.24) is 15.1 Å². The average molecular weight is 457 g/mol. The molecule has 3 amide bonds. The fraction of sp³-hybridized carbons (Fsp3) is 0.810. The fourth-order valence-corrected chi connectivity index (χ4v) is 4.84. The third kappa shape index (κ3) is 6.58. The molecule has 0 spiro atoms. The Morgan fingerprint density at radius 3 is 2.29 bits per heavy atom. The number of hydrogen-bond acceptors (Lipinski definition) is 6. The predicted octanol–water partition coefficient (Wildman–Crippen LogP) is 0.664. The molecule has 2 aliphatic rings. The van der Waals surface area contributed by atoms with E-state index in [0.29, 0.717) is 50.9 Å². The second-order valence-electron chi connectivity index (χ2n) is 8.80. The number of carboxylic acid groups (broad SMARTS) is 1. The Balaban J connectivity index is 2.06. The van der Waals surface area contributed by atoms with Crippen LogP contribution in [0.5, 0.6) is 0 Å². The third-order valence-electron chi connectivity index (χ3n) is 5.93. The van der Waals surface area contributed by atoms with E-state index in [-0.39, 0.29) is 17.7 Å². The van der Waals surface area contributed by atoms with Gasteiger partial charge in [-0.1, -0.05) is 13.8 Å². The lowest BCUT2D eigenvalue weighted by atomic mass is 10.0. The van der Waals surface area contributed by atoms with Crippen molar-refractivity contribution in [1.29, 1.82) is 0 Å². The van der Waals surface area contributed by atoms with E-state index in [0.717, 1.165) is 6.42 Å². The molecule has 0 radical (unpaired) electrons. The Morgan fingerprint density at radius 2 is 1.71 bits per heavy atom. The topological polar surface area (TPSA) is 133 Å². The van der Waals surface area contributed by atoms with Gasteiger partial charge in [-0.05, 0) is 56.5 Å². The number of carboxylic acids is 1. The number of thioether (sulfide) groups is 1. The lowest BCUT2D eigenvalue weighted by molar-refractivity contribution is -0.148. The van der Waals surface area contributed by atoms with Gasteiger partial charge >= 0.3 is 5.97 Å². The minimum atomic E-state index is -1.08. The van der Waals surface area contributed by atoms with Crippen LogP contribution in [0.2, 0.25) is 0 Å². The maximum Gasteiger partial charge on any atom is 0.326 e. The lowest BCUT2D eigenvalue weighted by Gasteiger charge is -2.32. The molecule has 2 fully saturated rings. The molecule has 2 heterocycles. The van der Waals surface area contributed by atoms with Gasteiger partial charge in [0.15, 0.2) is 0 Å². The molecule has 176 valence electrons. The van der Waals surface area contributed by atoms with Crippen LogP contribution in [0.15, 0.2) is 0 Å². The molecule has 0 saturated carbocycles. The third-order valence-corrected chi connectivity index (χ3v) is 6.57. The highest BCUT2D eigenvalue weighted by Crippen LogP contribution is 2.26. The van der Waals surface area contributed by atoms with Crippen molar-refractivity contribution in [3.05, 3.63) is 0 Å². The van der Waals surface area contributed by atoms with Gasteiger partial charge in [-0.15, -0.1) is 0 Å². The standard InChI is InChI=1S/C21H36N4O5S/c1-13(2)12-14(22)19(27)25-10-5-7-17(25)20(28)24-9-4-6-16(24)18(26)23-15(21(29)30)8-11-31-3/h13-17H,4-12,22H2,1-3H3,(H,23,26)(H,29,30). The Kier molecular flexibility index (Phi) is 9.61. The normalized spacial score (nSPS) is 23.1. The zero-order chi connectivity index (χ0) is 23.1. The number of likely N-dealkylation sites (tertiary alicyclic amines) is 2. The largest absolute Gasteiger partial charge is 0.480 e. The van der Waals surface area contributed by atoms with Crippen molar-refractivity contribution >= 4 is 35.5 Å². The summed E-state index contributed by atoms with van der Waals surface area (Å²) in [6, 6.07) is -2.92. The van der Waals surface area contributed by atoms with Gasteiger partial charge in [0.2, 0.25) is 17.7 Å². The first-order chi connectivity index (χ1) is 14.7. The van der Waals surface area contributed by atoms with E-state index >= 15 is 0 Å². The summed E-state index contributed by atoms with van der Waals surface area (Å²) in [5, 5.41) is 12.0. The van der Waals surface area contributed by atoms with Crippen molar-refractivity contribution < 1.29 is 24.3 Å². The van der Waals surface area contributed by atoms with E-state index < -0.39 is 36.0 Å². The van der Waals surface area contributed by atoms with Gasteiger partial charge in [-0.3, -0.25) is 14.4 Å². The van der Waals surface area contributed by atoms with Crippen LogP contribution in [0, 0.1) is 5.92 Å². The molecule has 31 heavy (non-hydrogen) atoms. The first-order valence-electron chi connectivity index (χ1n) is 11.1. The molecule has 2 aliphatic heterocycles. The second kappa shape index (κ2) is 11.7. The van der Waals surface area contributed by atoms with E-state index in [1.54, 1.807) is 4.90 Å². The van der Waals surface area contributed by atoms with Crippen molar-refractivity contribution in [3.8, 4) is 0 Å². The Hall–Kier alpha value is -1.81. The molecule has 9 nitrogen and oxygen atoms in total. The fourth-order valence-electron chi connectivity index (χ4n) is 4.36. The maximum atomic E-state index is 13.3. The van der Waals surface area contributed by atoms with Crippen LogP contribution in [-0.4, -0.2) is 87.9 Å². The first-order valence-corrected chi connectivity index (χ1v) is 12.4. The Bertz CT molecular complexity index is 674. The summed E-state index contributed by atoms with van der Waals surface area (Å²) in [6.07, 6.45) is 5.17. The number of rotatable bonds is 10.